The zero-order valence-corrected chi connectivity index (χ0v) is 8.98. The van der Waals surface area contributed by atoms with E-state index >= 15 is 0 Å². The number of hydrogen-bond donors (Lipinski definition) is 1. The largest absolute Gasteiger partial charge is 0.321 e. The van der Waals surface area contributed by atoms with E-state index in [0.717, 1.165) is 24.1 Å². The number of nitrogens with two attached hydrogens (primary N) is 1. The van der Waals surface area contributed by atoms with Gasteiger partial charge >= 0.3 is 0 Å². The summed E-state index contributed by atoms with van der Waals surface area (Å²) in [6.45, 7) is 0.469. The summed E-state index contributed by atoms with van der Waals surface area (Å²) in [5.74, 6) is 0.0130. The maximum atomic E-state index is 11.5. The van der Waals surface area contributed by atoms with Gasteiger partial charge in [0.15, 0.2) is 0 Å². The summed E-state index contributed by atoms with van der Waals surface area (Å²) in [7, 11) is 0. The van der Waals surface area contributed by atoms with Gasteiger partial charge in [-0.15, -0.1) is 0 Å². The molecule has 1 aliphatic heterocycles. The molecular formula is C12H14N2O2. The van der Waals surface area contributed by atoms with Crippen LogP contribution in [0.1, 0.15) is 24.8 Å². The predicted octanol–water partition coefficient (Wildman–Crippen LogP) is 1.30. The molecule has 1 aromatic carbocycles. The van der Waals surface area contributed by atoms with Crippen LogP contribution in [0.2, 0.25) is 0 Å². The van der Waals surface area contributed by atoms with Crippen molar-refractivity contribution in [2.24, 2.45) is 5.73 Å². The Balaban J connectivity index is 1.93. The van der Waals surface area contributed by atoms with Gasteiger partial charge in [0.2, 0.25) is 0 Å². The standard InChI is InChI=1S/C12H14N2O2/c13-12(5-6-12)9-2-1-3-10(8-9)14-11(15)4-7-16-14/h1-3,8H,4-7,13H2. The highest BCUT2D eigenvalue weighted by molar-refractivity contribution is 5.92. The molecule has 3 rings (SSSR count). The number of anilines is 1. The maximum absolute atomic E-state index is 11.5. The van der Waals surface area contributed by atoms with E-state index in [2.05, 4.69) is 0 Å². The van der Waals surface area contributed by atoms with Gasteiger partial charge in [-0.1, -0.05) is 12.1 Å². The lowest BCUT2D eigenvalue weighted by atomic mass is 10.1. The first-order valence-electron chi connectivity index (χ1n) is 5.54. The van der Waals surface area contributed by atoms with E-state index in [0.29, 0.717) is 13.0 Å². The van der Waals surface area contributed by atoms with Crippen LogP contribution < -0.4 is 10.8 Å². The lowest BCUT2D eigenvalue weighted by Crippen LogP contribution is -2.24. The van der Waals surface area contributed by atoms with Crippen molar-refractivity contribution in [1.82, 2.24) is 0 Å². The quantitative estimate of drug-likeness (QED) is 0.814. The van der Waals surface area contributed by atoms with Crippen molar-refractivity contribution in [3.05, 3.63) is 29.8 Å². The first kappa shape index (κ1) is 9.81. The highest BCUT2D eigenvalue weighted by Gasteiger charge is 2.40. The molecule has 1 saturated heterocycles. The van der Waals surface area contributed by atoms with Crippen molar-refractivity contribution in [2.75, 3.05) is 11.7 Å². The summed E-state index contributed by atoms with van der Waals surface area (Å²) < 4.78 is 0. The number of carbonyl (C=O) groups excluding carboxylic acids is 1. The fourth-order valence-corrected chi connectivity index (χ4v) is 1.98. The van der Waals surface area contributed by atoms with Gasteiger partial charge in [-0.2, -0.15) is 5.06 Å². The molecule has 2 fully saturated rings. The van der Waals surface area contributed by atoms with Crippen LogP contribution in [0.25, 0.3) is 0 Å². The van der Waals surface area contributed by atoms with Crippen molar-refractivity contribution in [3.63, 3.8) is 0 Å². The van der Waals surface area contributed by atoms with Crippen LogP contribution in [0.3, 0.4) is 0 Å². The van der Waals surface area contributed by atoms with Gasteiger partial charge in [-0.3, -0.25) is 9.63 Å². The lowest BCUT2D eigenvalue weighted by Gasteiger charge is -2.16. The summed E-state index contributed by atoms with van der Waals surface area (Å²) in [6, 6.07) is 7.76. The Bertz CT molecular complexity index is 440. The van der Waals surface area contributed by atoms with Crippen LogP contribution in [0.4, 0.5) is 5.69 Å². The van der Waals surface area contributed by atoms with Crippen molar-refractivity contribution >= 4 is 11.6 Å². The molecule has 4 nitrogen and oxygen atoms in total. The summed E-state index contributed by atoms with van der Waals surface area (Å²) in [6.07, 6.45) is 2.49. The fraction of sp³-hybridized carbons (Fsp3) is 0.417. The highest BCUT2D eigenvalue weighted by Crippen LogP contribution is 2.43. The average molecular weight is 218 g/mol. The Morgan fingerprint density at radius 2 is 2.19 bits per heavy atom. The summed E-state index contributed by atoms with van der Waals surface area (Å²) in [4.78, 5) is 16.8. The molecule has 1 amide bonds. The topological polar surface area (TPSA) is 55.6 Å². The Hall–Kier alpha value is -1.39. The molecule has 0 bridgehead atoms. The minimum Gasteiger partial charge on any atom is -0.321 e. The van der Waals surface area contributed by atoms with Crippen molar-refractivity contribution in [3.8, 4) is 0 Å². The summed E-state index contributed by atoms with van der Waals surface area (Å²) in [5, 5.41) is 1.37. The third-order valence-electron chi connectivity index (χ3n) is 3.21. The minimum atomic E-state index is -0.168. The van der Waals surface area contributed by atoms with Crippen LogP contribution in [-0.2, 0) is 15.2 Å². The maximum Gasteiger partial charge on any atom is 0.253 e. The van der Waals surface area contributed by atoms with E-state index in [1.54, 1.807) is 0 Å². The lowest BCUT2D eigenvalue weighted by molar-refractivity contribution is -0.119. The van der Waals surface area contributed by atoms with Crippen LogP contribution in [0, 0.1) is 0 Å². The first-order valence-corrected chi connectivity index (χ1v) is 5.54. The molecule has 0 aromatic heterocycles. The van der Waals surface area contributed by atoms with Gasteiger partial charge in [-0.05, 0) is 30.5 Å². The SMILES string of the molecule is NC1(c2cccc(N3OCCC3=O)c2)CC1. The third-order valence-corrected chi connectivity index (χ3v) is 3.21. The number of hydroxylamine groups is 1. The van der Waals surface area contributed by atoms with Gasteiger partial charge < -0.3 is 5.73 Å². The van der Waals surface area contributed by atoms with Crippen molar-refractivity contribution in [1.29, 1.82) is 0 Å². The molecule has 1 aliphatic carbocycles. The van der Waals surface area contributed by atoms with E-state index in [9.17, 15) is 4.79 Å². The number of nitrogens with zero attached hydrogens (tertiary/aromatic N) is 1. The molecule has 2 aliphatic rings. The molecule has 2 N–H and O–H groups in total. The zero-order chi connectivity index (χ0) is 11.2. The number of carbonyl (C=O) groups is 1. The third kappa shape index (κ3) is 1.50. The molecule has 1 aromatic rings. The molecular weight excluding hydrogens is 204 g/mol. The van der Waals surface area contributed by atoms with Gasteiger partial charge in [0.25, 0.3) is 5.91 Å². The highest BCUT2D eigenvalue weighted by atomic mass is 16.7. The number of hydrogen-bond acceptors (Lipinski definition) is 3. The molecule has 1 heterocycles. The van der Waals surface area contributed by atoms with E-state index < -0.39 is 0 Å². The monoisotopic (exact) mass is 218 g/mol. The Morgan fingerprint density at radius 3 is 2.81 bits per heavy atom. The van der Waals surface area contributed by atoms with Gasteiger partial charge in [0.1, 0.15) is 0 Å². The Morgan fingerprint density at radius 1 is 1.38 bits per heavy atom. The molecule has 4 heteroatoms. The molecule has 0 unspecified atom stereocenters. The van der Waals surface area contributed by atoms with E-state index in [-0.39, 0.29) is 11.4 Å². The normalized spacial score (nSPS) is 22.6. The summed E-state index contributed by atoms with van der Waals surface area (Å²) in [5.41, 5.74) is 7.84. The Kier molecular flexibility index (Phi) is 2.02. The summed E-state index contributed by atoms with van der Waals surface area (Å²) >= 11 is 0. The van der Waals surface area contributed by atoms with E-state index in [1.165, 1.54) is 5.06 Å². The minimum absolute atomic E-state index is 0.0130. The van der Waals surface area contributed by atoms with Crippen LogP contribution >= 0.6 is 0 Å². The Labute approximate surface area is 93.9 Å². The van der Waals surface area contributed by atoms with Crippen LogP contribution in [0.5, 0.6) is 0 Å². The van der Waals surface area contributed by atoms with Gasteiger partial charge in [0, 0.05) is 5.54 Å². The van der Waals surface area contributed by atoms with E-state index in [4.69, 9.17) is 10.6 Å². The number of amides is 1. The molecule has 0 atom stereocenters. The second-order valence-electron chi connectivity index (χ2n) is 4.48. The second-order valence-corrected chi connectivity index (χ2v) is 4.48. The average Bonchev–Trinajstić information content (AvgIpc) is 2.90. The molecule has 16 heavy (non-hydrogen) atoms. The smallest absolute Gasteiger partial charge is 0.253 e. The van der Waals surface area contributed by atoms with Gasteiger partial charge in [0.05, 0.1) is 18.7 Å². The first-order chi connectivity index (χ1) is 7.69. The fourth-order valence-electron chi connectivity index (χ4n) is 1.98. The van der Waals surface area contributed by atoms with Crippen molar-refractivity contribution in [2.45, 2.75) is 24.8 Å². The number of benzene rings is 1. The molecule has 0 radical (unpaired) electrons. The number of rotatable bonds is 2. The van der Waals surface area contributed by atoms with E-state index in [1.807, 2.05) is 24.3 Å². The predicted molar refractivity (Wildman–Crippen MR) is 59.6 cm³/mol. The van der Waals surface area contributed by atoms with Crippen molar-refractivity contribution < 1.29 is 9.63 Å². The molecule has 0 spiro atoms. The second kappa shape index (κ2) is 3.30. The van der Waals surface area contributed by atoms with Crippen LogP contribution in [-0.4, -0.2) is 12.5 Å². The van der Waals surface area contributed by atoms with Crippen LogP contribution in [0.15, 0.2) is 24.3 Å². The molecule has 1 saturated carbocycles. The van der Waals surface area contributed by atoms with Gasteiger partial charge in [-0.25, -0.2) is 0 Å². The molecule has 84 valence electrons. The zero-order valence-electron chi connectivity index (χ0n) is 8.98.